The number of amides is 2. The second-order valence-electron chi connectivity index (χ2n) is 8.67. The van der Waals surface area contributed by atoms with E-state index in [2.05, 4.69) is 22.9 Å². The Morgan fingerprint density at radius 2 is 1.73 bits per heavy atom. The van der Waals surface area contributed by atoms with Crippen LogP contribution in [0.2, 0.25) is 0 Å². The van der Waals surface area contributed by atoms with Gasteiger partial charge in [0.2, 0.25) is 0 Å². The highest BCUT2D eigenvalue weighted by Gasteiger charge is 2.31. The van der Waals surface area contributed by atoms with Gasteiger partial charge in [-0.15, -0.1) is 11.3 Å². The Hall–Kier alpha value is -3.12. The maximum atomic E-state index is 12.5. The molecule has 3 aromatic rings. The van der Waals surface area contributed by atoms with Crippen LogP contribution in [0.25, 0.3) is 5.57 Å². The van der Waals surface area contributed by atoms with Crippen LogP contribution in [0.3, 0.4) is 0 Å². The molecule has 0 spiro atoms. The first-order chi connectivity index (χ1) is 16.2. The van der Waals surface area contributed by atoms with Crippen LogP contribution in [0.1, 0.15) is 73.7 Å². The third-order valence-corrected chi connectivity index (χ3v) is 7.37. The highest BCUT2D eigenvalue weighted by molar-refractivity contribution is 7.10. The van der Waals surface area contributed by atoms with E-state index in [1.165, 1.54) is 37.8 Å². The van der Waals surface area contributed by atoms with E-state index in [0.717, 1.165) is 39.8 Å². The fourth-order valence-corrected chi connectivity index (χ4v) is 5.75. The molecular formula is C27H29N3O2S. The van der Waals surface area contributed by atoms with Crippen molar-refractivity contribution in [2.24, 2.45) is 0 Å². The van der Waals surface area contributed by atoms with Gasteiger partial charge in [-0.05, 0) is 49.1 Å². The summed E-state index contributed by atoms with van der Waals surface area (Å²) in [5.74, 6) is 2.13. The Morgan fingerprint density at radius 1 is 1.00 bits per heavy atom. The number of carbonyl (C=O) groups excluding carboxylic acids is 1. The van der Waals surface area contributed by atoms with Crippen LogP contribution < -0.4 is 15.4 Å². The van der Waals surface area contributed by atoms with Crippen LogP contribution in [0.5, 0.6) is 11.5 Å². The molecule has 1 fully saturated rings. The molecule has 5 rings (SSSR count). The summed E-state index contributed by atoms with van der Waals surface area (Å²) in [6.07, 6.45) is 7.11. The number of nitrogens with zero attached hydrogens (tertiary/aromatic N) is 1. The van der Waals surface area contributed by atoms with E-state index in [1.807, 2.05) is 54.6 Å². The molecule has 2 amide bonds. The molecule has 170 valence electrons. The number of urea groups is 1. The lowest BCUT2D eigenvalue weighted by Crippen LogP contribution is -2.43. The number of hydrogen-bond acceptors (Lipinski definition) is 4. The summed E-state index contributed by atoms with van der Waals surface area (Å²) in [5.41, 5.74) is 4.24. The third-order valence-electron chi connectivity index (χ3n) is 6.48. The number of nitrogens with one attached hydrogen (secondary N) is 2. The highest BCUT2D eigenvalue weighted by atomic mass is 32.1. The van der Waals surface area contributed by atoms with Gasteiger partial charge >= 0.3 is 6.03 Å². The molecule has 1 saturated carbocycles. The molecule has 0 bridgehead atoms. The lowest BCUT2D eigenvalue weighted by molar-refractivity contribution is 0.240. The van der Waals surface area contributed by atoms with Crippen molar-refractivity contribution in [1.82, 2.24) is 15.6 Å². The normalized spacial score (nSPS) is 19.2. The van der Waals surface area contributed by atoms with Crippen molar-refractivity contribution in [2.45, 2.75) is 57.4 Å². The summed E-state index contributed by atoms with van der Waals surface area (Å²) in [4.78, 5) is 17.5. The molecule has 1 aromatic heterocycles. The summed E-state index contributed by atoms with van der Waals surface area (Å²) < 4.78 is 5.94. The number of para-hydroxylation sites is 1. The molecule has 0 saturated heterocycles. The van der Waals surface area contributed by atoms with Gasteiger partial charge < -0.3 is 15.4 Å². The second kappa shape index (κ2) is 9.79. The van der Waals surface area contributed by atoms with E-state index in [0.29, 0.717) is 5.92 Å². The first-order valence-corrected chi connectivity index (χ1v) is 12.7. The van der Waals surface area contributed by atoms with E-state index in [4.69, 9.17) is 9.72 Å². The summed E-state index contributed by atoms with van der Waals surface area (Å²) in [6.45, 7) is 2.07. The Morgan fingerprint density at radius 3 is 2.45 bits per heavy atom. The number of carbonyl (C=O) groups is 1. The molecule has 1 aliphatic heterocycles. The number of rotatable bonds is 6. The average Bonchev–Trinajstić information content (AvgIpc) is 3.35. The molecule has 5 nitrogen and oxygen atoms in total. The van der Waals surface area contributed by atoms with Crippen LogP contribution in [-0.4, -0.2) is 11.0 Å². The minimum Gasteiger partial charge on any atom is -0.457 e. The van der Waals surface area contributed by atoms with Crippen LogP contribution in [0.15, 0.2) is 65.7 Å². The first kappa shape index (κ1) is 21.7. The predicted molar refractivity (Wildman–Crippen MR) is 133 cm³/mol. The van der Waals surface area contributed by atoms with Crippen LogP contribution >= 0.6 is 11.3 Å². The van der Waals surface area contributed by atoms with Crippen molar-refractivity contribution >= 4 is 22.9 Å². The van der Waals surface area contributed by atoms with Gasteiger partial charge in [0.1, 0.15) is 16.5 Å². The lowest BCUT2D eigenvalue weighted by atomic mass is 9.87. The number of thiazole rings is 1. The minimum absolute atomic E-state index is 0.172. The Labute approximate surface area is 198 Å². The second-order valence-corrected chi connectivity index (χ2v) is 9.53. The van der Waals surface area contributed by atoms with Crippen molar-refractivity contribution in [3.05, 3.63) is 81.9 Å². The first-order valence-electron chi connectivity index (χ1n) is 11.8. The summed E-state index contributed by atoms with van der Waals surface area (Å²) in [7, 11) is 0. The maximum Gasteiger partial charge on any atom is 0.319 e. The Bertz CT molecular complexity index is 1130. The van der Waals surface area contributed by atoms with E-state index in [1.54, 1.807) is 11.3 Å². The zero-order valence-corrected chi connectivity index (χ0v) is 19.7. The van der Waals surface area contributed by atoms with Gasteiger partial charge in [-0.3, -0.25) is 0 Å². The molecule has 2 aliphatic rings. The van der Waals surface area contributed by atoms with Crippen LogP contribution in [0, 0.1) is 0 Å². The van der Waals surface area contributed by atoms with Gasteiger partial charge in [-0.2, -0.15) is 0 Å². The van der Waals surface area contributed by atoms with Gasteiger partial charge in [0.15, 0.2) is 0 Å². The summed E-state index contributed by atoms with van der Waals surface area (Å²) in [5, 5.41) is 9.35. The van der Waals surface area contributed by atoms with Crippen molar-refractivity contribution in [2.75, 3.05) is 0 Å². The van der Waals surface area contributed by atoms with E-state index in [-0.39, 0.29) is 12.1 Å². The highest BCUT2D eigenvalue weighted by Crippen LogP contribution is 2.40. The smallest absolute Gasteiger partial charge is 0.319 e. The zero-order valence-electron chi connectivity index (χ0n) is 18.8. The van der Waals surface area contributed by atoms with E-state index < -0.39 is 0 Å². The van der Waals surface area contributed by atoms with E-state index >= 15 is 0 Å². The lowest BCUT2D eigenvalue weighted by Gasteiger charge is -2.29. The zero-order chi connectivity index (χ0) is 22.6. The number of allylic oxidation sites excluding steroid dienone is 1. The summed E-state index contributed by atoms with van der Waals surface area (Å²) in [6, 6.07) is 17.3. The predicted octanol–water partition coefficient (Wildman–Crippen LogP) is 7.16. The van der Waals surface area contributed by atoms with Gasteiger partial charge in [0, 0.05) is 22.6 Å². The number of hydrogen-bond donors (Lipinski definition) is 2. The molecule has 1 aliphatic carbocycles. The molecular weight excluding hydrogens is 430 g/mol. The SMILES string of the molecule is CCC1=C(c2nc(C3CCCCC3)cs2)C(c2ccc(Oc3ccccc3)cc2)NC(=O)N1. The average molecular weight is 460 g/mol. The van der Waals surface area contributed by atoms with Gasteiger partial charge in [-0.1, -0.05) is 56.5 Å². The topological polar surface area (TPSA) is 63.2 Å². The fourth-order valence-electron chi connectivity index (χ4n) is 4.75. The molecule has 33 heavy (non-hydrogen) atoms. The Kier molecular flexibility index (Phi) is 6.44. The van der Waals surface area contributed by atoms with Crippen molar-refractivity contribution < 1.29 is 9.53 Å². The molecule has 0 radical (unpaired) electrons. The molecule has 1 atom stereocenters. The van der Waals surface area contributed by atoms with E-state index in [9.17, 15) is 4.79 Å². The largest absolute Gasteiger partial charge is 0.457 e. The quantitative estimate of drug-likeness (QED) is 0.411. The van der Waals surface area contributed by atoms with Crippen molar-refractivity contribution in [1.29, 1.82) is 0 Å². The standard InChI is InChI=1S/C27H29N3O2S/c1-2-22-24(26-28-23(17-33-26)18-9-5-3-6-10-18)25(30-27(31)29-22)19-13-15-21(16-14-19)32-20-11-7-4-8-12-20/h4,7-8,11-18,25H,2-3,5-6,9-10H2,1H3,(H2,29,30,31). The number of ether oxygens (including phenoxy) is 1. The van der Waals surface area contributed by atoms with Crippen LogP contribution in [-0.2, 0) is 0 Å². The number of aromatic nitrogens is 1. The van der Waals surface area contributed by atoms with Crippen molar-refractivity contribution in [3.8, 4) is 11.5 Å². The molecule has 2 heterocycles. The summed E-state index contributed by atoms with van der Waals surface area (Å²) >= 11 is 1.69. The molecule has 2 N–H and O–H groups in total. The molecule has 1 unspecified atom stereocenters. The fraction of sp³-hybridized carbons (Fsp3) is 0.333. The van der Waals surface area contributed by atoms with Gasteiger partial charge in [0.05, 0.1) is 11.7 Å². The molecule has 2 aromatic carbocycles. The van der Waals surface area contributed by atoms with Crippen LogP contribution in [0.4, 0.5) is 4.79 Å². The van der Waals surface area contributed by atoms with Crippen molar-refractivity contribution in [3.63, 3.8) is 0 Å². The van der Waals surface area contributed by atoms with Gasteiger partial charge in [-0.25, -0.2) is 9.78 Å². The third kappa shape index (κ3) is 4.81. The number of benzene rings is 2. The maximum absolute atomic E-state index is 12.5. The molecule has 6 heteroatoms. The van der Waals surface area contributed by atoms with Gasteiger partial charge in [0.25, 0.3) is 0 Å². The monoisotopic (exact) mass is 459 g/mol. The Balaban J connectivity index is 1.44. The minimum atomic E-state index is -0.246.